The Morgan fingerprint density at radius 2 is 2.16 bits per heavy atom. The Labute approximate surface area is 116 Å². The zero-order chi connectivity index (χ0) is 13.2. The Hall–Kier alpha value is -1.39. The summed E-state index contributed by atoms with van der Waals surface area (Å²) in [5.74, 6) is 1.91. The molecule has 0 saturated carbocycles. The fourth-order valence-electron chi connectivity index (χ4n) is 2.38. The molecule has 0 unspecified atom stereocenters. The molecule has 2 atom stereocenters. The lowest BCUT2D eigenvalue weighted by molar-refractivity contribution is 0.0392. The van der Waals surface area contributed by atoms with Gasteiger partial charge in [0.15, 0.2) is 0 Å². The molecule has 0 radical (unpaired) electrons. The Morgan fingerprint density at radius 1 is 1.32 bits per heavy atom. The quantitative estimate of drug-likeness (QED) is 0.843. The van der Waals surface area contributed by atoms with Gasteiger partial charge in [0.1, 0.15) is 0 Å². The molecule has 100 valence electrons. The lowest BCUT2D eigenvalue weighted by Gasteiger charge is -2.25. The van der Waals surface area contributed by atoms with Crippen LogP contribution in [-0.4, -0.2) is 23.4 Å². The number of nitrogens with zero attached hydrogens (tertiary/aromatic N) is 2. The number of aromatic nitrogens is 2. The summed E-state index contributed by atoms with van der Waals surface area (Å²) in [6.07, 6.45) is 0.922. The number of halogens is 1. The molecule has 0 aliphatic carbocycles. The van der Waals surface area contributed by atoms with Crippen molar-refractivity contribution >= 4 is 11.6 Å². The minimum absolute atomic E-state index is 0.275. The van der Waals surface area contributed by atoms with Crippen LogP contribution in [0.2, 0.25) is 5.02 Å². The zero-order valence-electron chi connectivity index (χ0n) is 10.7. The summed E-state index contributed by atoms with van der Waals surface area (Å²) in [5.41, 5.74) is 0.805. The fourth-order valence-corrected chi connectivity index (χ4v) is 2.61. The average Bonchev–Trinajstić information content (AvgIpc) is 2.89. The van der Waals surface area contributed by atoms with Gasteiger partial charge in [-0.1, -0.05) is 35.8 Å². The molecular formula is C14H15ClN2O2. The topological polar surface area (TPSA) is 48.2 Å². The lowest BCUT2D eigenvalue weighted by Crippen LogP contribution is -2.23. The maximum atomic E-state index is 6.14. The second kappa shape index (κ2) is 5.31. The minimum Gasteiger partial charge on any atom is -0.381 e. The van der Waals surface area contributed by atoms with E-state index in [4.69, 9.17) is 20.9 Å². The van der Waals surface area contributed by atoms with E-state index in [0.717, 1.165) is 25.2 Å². The van der Waals surface area contributed by atoms with Crippen LogP contribution in [0.15, 0.2) is 28.8 Å². The van der Waals surface area contributed by atoms with Crippen molar-refractivity contribution in [1.82, 2.24) is 10.1 Å². The highest BCUT2D eigenvalue weighted by atomic mass is 35.5. The molecule has 3 rings (SSSR count). The third kappa shape index (κ3) is 2.51. The molecule has 1 aliphatic rings. The molecule has 2 aromatic rings. The van der Waals surface area contributed by atoms with E-state index in [0.29, 0.717) is 22.7 Å². The molecule has 19 heavy (non-hydrogen) atoms. The van der Waals surface area contributed by atoms with Gasteiger partial charge in [0, 0.05) is 24.7 Å². The van der Waals surface area contributed by atoms with E-state index in [2.05, 4.69) is 17.1 Å². The highest BCUT2D eigenvalue weighted by molar-refractivity contribution is 6.33. The molecule has 0 spiro atoms. The number of rotatable bonds is 2. The average molecular weight is 279 g/mol. The first-order valence-electron chi connectivity index (χ1n) is 6.42. The van der Waals surface area contributed by atoms with Crippen LogP contribution in [0, 0.1) is 5.92 Å². The monoisotopic (exact) mass is 278 g/mol. The zero-order valence-corrected chi connectivity index (χ0v) is 11.4. The molecule has 2 heterocycles. The minimum atomic E-state index is 0.275. The molecule has 1 saturated heterocycles. The van der Waals surface area contributed by atoms with Crippen molar-refractivity contribution in [3.63, 3.8) is 0 Å². The van der Waals surface area contributed by atoms with E-state index in [1.807, 2.05) is 24.3 Å². The molecule has 5 heteroatoms. The van der Waals surface area contributed by atoms with E-state index in [9.17, 15) is 0 Å². The highest BCUT2D eigenvalue weighted by Crippen LogP contribution is 2.32. The predicted molar refractivity (Wildman–Crippen MR) is 72.1 cm³/mol. The van der Waals surface area contributed by atoms with Gasteiger partial charge in [0.2, 0.25) is 11.7 Å². The standard InChI is InChI=1S/C14H15ClN2O2/c1-9-8-18-7-6-10(9)14-16-13(17-19-14)11-4-2-3-5-12(11)15/h2-5,9-10H,6-8H2,1H3/t9-,10-/m0/s1. The second-order valence-corrected chi connectivity index (χ2v) is 5.29. The Kier molecular flexibility index (Phi) is 3.53. The van der Waals surface area contributed by atoms with Gasteiger partial charge in [0.05, 0.1) is 5.02 Å². The summed E-state index contributed by atoms with van der Waals surface area (Å²) in [4.78, 5) is 4.50. The van der Waals surface area contributed by atoms with Crippen molar-refractivity contribution in [2.75, 3.05) is 13.2 Å². The van der Waals surface area contributed by atoms with Gasteiger partial charge in [-0.15, -0.1) is 0 Å². The van der Waals surface area contributed by atoms with Crippen molar-refractivity contribution in [2.24, 2.45) is 5.92 Å². The van der Waals surface area contributed by atoms with Crippen LogP contribution in [0.1, 0.15) is 25.2 Å². The molecule has 0 amide bonds. The van der Waals surface area contributed by atoms with Gasteiger partial charge >= 0.3 is 0 Å². The SMILES string of the molecule is C[C@H]1COCC[C@@H]1c1nc(-c2ccccc2Cl)no1. The van der Waals surface area contributed by atoms with E-state index in [-0.39, 0.29) is 5.92 Å². The van der Waals surface area contributed by atoms with Crippen molar-refractivity contribution in [3.05, 3.63) is 35.2 Å². The first kappa shape index (κ1) is 12.6. The first-order valence-corrected chi connectivity index (χ1v) is 6.80. The second-order valence-electron chi connectivity index (χ2n) is 4.88. The van der Waals surface area contributed by atoms with Crippen LogP contribution >= 0.6 is 11.6 Å². The summed E-state index contributed by atoms with van der Waals surface area (Å²) >= 11 is 6.14. The van der Waals surface area contributed by atoms with E-state index < -0.39 is 0 Å². The normalized spacial score (nSPS) is 23.5. The summed E-state index contributed by atoms with van der Waals surface area (Å²) < 4.78 is 10.8. The van der Waals surface area contributed by atoms with Crippen LogP contribution in [-0.2, 0) is 4.74 Å². The van der Waals surface area contributed by atoms with Crippen molar-refractivity contribution in [3.8, 4) is 11.4 Å². The van der Waals surface area contributed by atoms with Crippen molar-refractivity contribution < 1.29 is 9.26 Å². The summed E-state index contributed by atoms with van der Waals surface area (Å²) in [7, 11) is 0. The van der Waals surface area contributed by atoms with Gasteiger partial charge in [-0.2, -0.15) is 4.98 Å². The summed E-state index contributed by atoms with van der Waals surface area (Å²) in [6, 6.07) is 7.51. The largest absolute Gasteiger partial charge is 0.381 e. The number of hydrogen-bond acceptors (Lipinski definition) is 4. The van der Waals surface area contributed by atoms with Crippen LogP contribution < -0.4 is 0 Å². The molecule has 1 aliphatic heterocycles. The predicted octanol–water partition coefficient (Wildman–Crippen LogP) is 3.53. The van der Waals surface area contributed by atoms with Gasteiger partial charge in [0.25, 0.3) is 0 Å². The number of hydrogen-bond donors (Lipinski definition) is 0. The molecule has 4 nitrogen and oxygen atoms in total. The van der Waals surface area contributed by atoms with Crippen LogP contribution in [0.25, 0.3) is 11.4 Å². The van der Waals surface area contributed by atoms with Crippen molar-refractivity contribution in [1.29, 1.82) is 0 Å². The fraction of sp³-hybridized carbons (Fsp3) is 0.429. The van der Waals surface area contributed by atoms with Crippen molar-refractivity contribution in [2.45, 2.75) is 19.3 Å². The Morgan fingerprint density at radius 3 is 2.95 bits per heavy atom. The molecule has 1 aromatic heterocycles. The van der Waals surface area contributed by atoms with Crippen LogP contribution in [0.3, 0.4) is 0 Å². The third-order valence-electron chi connectivity index (χ3n) is 3.51. The van der Waals surface area contributed by atoms with Crippen LogP contribution in [0.4, 0.5) is 0 Å². The molecule has 1 fully saturated rings. The summed E-state index contributed by atoms with van der Waals surface area (Å²) in [5, 5.41) is 4.68. The van der Waals surface area contributed by atoms with Gasteiger partial charge in [-0.05, 0) is 24.5 Å². The smallest absolute Gasteiger partial charge is 0.230 e. The Bertz CT molecular complexity index is 570. The first-order chi connectivity index (χ1) is 9.25. The Balaban J connectivity index is 1.89. The lowest BCUT2D eigenvalue weighted by atomic mass is 9.90. The van der Waals surface area contributed by atoms with E-state index in [1.54, 1.807) is 0 Å². The maximum absolute atomic E-state index is 6.14. The van der Waals surface area contributed by atoms with Gasteiger partial charge < -0.3 is 9.26 Å². The number of benzene rings is 1. The van der Waals surface area contributed by atoms with E-state index >= 15 is 0 Å². The van der Waals surface area contributed by atoms with Gasteiger partial charge in [-0.3, -0.25) is 0 Å². The third-order valence-corrected chi connectivity index (χ3v) is 3.84. The highest BCUT2D eigenvalue weighted by Gasteiger charge is 2.28. The number of ether oxygens (including phenoxy) is 1. The van der Waals surface area contributed by atoms with E-state index in [1.165, 1.54) is 0 Å². The summed E-state index contributed by atoms with van der Waals surface area (Å²) in [6.45, 7) is 3.64. The van der Waals surface area contributed by atoms with Gasteiger partial charge in [-0.25, -0.2) is 0 Å². The van der Waals surface area contributed by atoms with Crippen LogP contribution in [0.5, 0.6) is 0 Å². The molecule has 1 aromatic carbocycles. The molecule has 0 N–H and O–H groups in total. The molecule has 0 bridgehead atoms. The maximum Gasteiger partial charge on any atom is 0.230 e. The molecular weight excluding hydrogens is 264 g/mol.